The Bertz CT molecular complexity index is 1120. The van der Waals surface area contributed by atoms with Gasteiger partial charge in [-0.3, -0.25) is 15.0 Å². The van der Waals surface area contributed by atoms with E-state index in [0.29, 0.717) is 23.7 Å². The van der Waals surface area contributed by atoms with Crippen LogP contribution in [0, 0.1) is 0 Å². The average molecular weight is 446 g/mol. The summed E-state index contributed by atoms with van der Waals surface area (Å²) in [5, 5.41) is 5.11. The van der Waals surface area contributed by atoms with Crippen molar-refractivity contribution < 1.29 is 19.1 Å². The number of para-hydroxylation sites is 1. The Hall–Kier alpha value is -3.84. The van der Waals surface area contributed by atoms with Crippen LogP contribution in [-0.4, -0.2) is 44.1 Å². The van der Waals surface area contributed by atoms with Crippen LogP contribution in [0.4, 0.5) is 10.5 Å². The van der Waals surface area contributed by atoms with Crippen LogP contribution in [0.2, 0.25) is 0 Å². The van der Waals surface area contributed by atoms with Gasteiger partial charge >= 0.3 is 6.03 Å². The number of nitrogens with zero attached hydrogens (tertiary/aromatic N) is 1. The summed E-state index contributed by atoms with van der Waals surface area (Å²) in [4.78, 5) is 27.1. The Kier molecular flexibility index (Phi) is 6.90. The van der Waals surface area contributed by atoms with Crippen LogP contribution in [-0.2, 0) is 11.2 Å². The first-order valence-corrected chi connectivity index (χ1v) is 10.8. The Balaban J connectivity index is 1.56. The molecular formula is C26H27N3O4. The summed E-state index contributed by atoms with van der Waals surface area (Å²) in [6, 6.07) is 22.3. The molecule has 33 heavy (non-hydrogen) atoms. The number of methoxy groups -OCH3 is 2. The van der Waals surface area contributed by atoms with Gasteiger partial charge in [-0.2, -0.15) is 0 Å². The van der Waals surface area contributed by atoms with Gasteiger partial charge in [0.15, 0.2) is 11.5 Å². The minimum Gasteiger partial charge on any atom is -0.493 e. The fourth-order valence-electron chi connectivity index (χ4n) is 4.23. The molecule has 0 spiro atoms. The predicted octanol–water partition coefficient (Wildman–Crippen LogP) is 4.00. The first-order chi connectivity index (χ1) is 16.1. The van der Waals surface area contributed by atoms with E-state index < -0.39 is 6.03 Å². The molecule has 0 saturated carbocycles. The molecule has 4 rings (SSSR count). The van der Waals surface area contributed by atoms with E-state index in [2.05, 4.69) is 15.5 Å². The van der Waals surface area contributed by atoms with E-state index in [9.17, 15) is 9.59 Å². The number of anilines is 1. The van der Waals surface area contributed by atoms with Crippen molar-refractivity contribution in [1.29, 1.82) is 0 Å². The lowest BCUT2D eigenvalue weighted by molar-refractivity contribution is -0.121. The van der Waals surface area contributed by atoms with Crippen molar-refractivity contribution in [3.8, 4) is 11.5 Å². The van der Waals surface area contributed by atoms with Crippen LogP contribution in [0.25, 0.3) is 0 Å². The molecule has 0 fully saturated rings. The molecule has 0 unspecified atom stereocenters. The molecule has 0 bridgehead atoms. The number of nitrogens with one attached hydrogen (secondary N) is 2. The molecule has 1 heterocycles. The number of hydrogen-bond donors (Lipinski definition) is 2. The number of ether oxygens (including phenoxy) is 2. The van der Waals surface area contributed by atoms with Crippen molar-refractivity contribution in [1.82, 2.24) is 10.2 Å². The molecule has 1 aliphatic heterocycles. The molecule has 1 atom stereocenters. The normalized spacial score (nSPS) is 15.3. The highest BCUT2D eigenvalue weighted by molar-refractivity contribution is 6.01. The highest BCUT2D eigenvalue weighted by Gasteiger charge is 2.31. The van der Waals surface area contributed by atoms with E-state index in [-0.39, 0.29) is 18.5 Å². The van der Waals surface area contributed by atoms with Crippen LogP contribution >= 0.6 is 0 Å². The minimum absolute atomic E-state index is 0.0789. The fourth-order valence-corrected chi connectivity index (χ4v) is 4.23. The molecule has 170 valence electrons. The number of carbonyl (C=O) groups is 2. The second-order valence-electron chi connectivity index (χ2n) is 7.81. The Labute approximate surface area is 193 Å². The molecule has 7 heteroatoms. The van der Waals surface area contributed by atoms with Gasteiger partial charge in [0.2, 0.25) is 5.91 Å². The van der Waals surface area contributed by atoms with Gasteiger partial charge in [-0.05, 0) is 47.4 Å². The molecule has 0 aliphatic carbocycles. The van der Waals surface area contributed by atoms with Crippen LogP contribution in [0.15, 0.2) is 72.8 Å². The molecule has 0 radical (unpaired) electrons. The number of hydrogen-bond acceptors (Lipinski definition) is 5. The van der Waals surface area contributed by atoms with E-state index in [0.717, 1.165) is 23.1 Å². The maximum atomic E-state index is 12.8. The van der Waals surface area contributed by atoms with Gasteiger partial charge in [0.05, 0.1) is 26.8 Å². The standard InChI is InChI=1S/C26H27N3O4/c1-32-22-15-19-13-14-29(17-24(30)28-26(31)27-20-11-7-4-8-12-20)25(18-9-5-3-6-10-18)21(19)16-23(22)33-2/h3-12,15-16,25H,13-14,17H2,1-2H3,(H2,27,28,30,31)/t25-/m0/s1. The monoisotopic (exact) mass is 445 g/mol. The third-order valence-corrected chi connectivity index (χ3v) is 5.72. The molecule has 3 aromatic carbocycles. The third kappa shape index (κ3) is 5.15. The van der Waals surface area contributed by atoms with Gasteiger partial charge < -0.3 is 14.8 Å². The number of imide groups is 1. The molecule has 3 aromatic rings. The van der Waals surface area contributed by atoms with Crippen molar-refractivity contribution in [2.75, 3.05) is 32.6 Å². The van der Waals surface area contributed by atoms with Crippen molar-refractivity contribution in [3.63, 3.8) is 0 Å². The van der Waals surface area contributed by atoms with Crippen LogP contribution < -0.4 is 20.1 Å². The number of amides is 3. The highest BCUT2D eigenvalue weighted by atomic mass is 16.5. The summed E-state index contributed by atoms with van der Waals surface area (Å²) in [6.45, 7) is 0.741. The van der Waals surface area contributed by atoms with E-state index in [1.165, 1.54) is 0 Å². The smallest absolute Gasteiger partial charge is 0.325 e. The van der Waals surface area contributed by atoms with Crippen molar-refractivity contribution in [3.05, 3.63) is 89.5 Å². The molecule has 0 aromatic heterocycles. The zero-order valence-corrected chi connectivity index (χ0v) is 18.7. The van der Waals surface area contributed by atoms with Gasteiger partial charge in [0.1, 0.15) is 0 Å². The second kappa shape index (κ2) is 10.2. The zero-order chi connectivity index (χ0) is 23.2. The maximum Gasteiger partial charge on any atom is 0.325 e. The van der Waals surface area contributed by atoms with Crippen LogP contribution in [0.1, 0.15) is 22.7 Å². The lowest BCUT2D eigenvalue weighted by Crippen LogP contribution is -2.45. The topological polar surface area (TPSA) is 79.9 Å². The number of rotatable bonds is 6. The summed E-state index contributed by atoms with van der Waals surface area (Å²) in [5.74, 6) is 0.964. The van der Waals surface area contributed by atoms with Gasteiger partial charge in [0.25, 0.3) is 0 Å². The fraction of sp³-hybridized carbons (Fsp3) is 0.231. The first-order valence-electron chi connectivity index (χ1n) is 10.8. The van der Waals surface area contributed by atoms with Gasteiger partial charge in [-0.25, -0.2) is 4.79 Å². The first kappa shape index (κ1) is 22.4. The molecule has 3 amide bonds. The largest absolute Gasteiger partial charge is 0.493 e. The SMILES string of the molecule is COc1cc2c(cc1OC)[C@H](c1ccccc1)N(CC(=O)NC(=O)Nc1ccccc1)CC2. The predicted molar refractivity (Wildman–Crippen MR) is 127 cm³/mol. The van der Waals surface area contributed by atoms with Gasteiger partial charge in [-0.15, -0.1) is 0 Å². The maximum absolute atomic E-state index is 12.8. The van der Waals surface area contributed by atoms with Crippen LogP contribution in [0.3, 0.4) is 0 Å². The molecule has 2 N–H and O–H groups in total. The third-order valence-electron chi connectivity index (χ3n) is 5.72. The average Bonchev–Trinajstić information content (AvgIpc) is 2.84. The van der Waals surface area contributed by atoms with Crippen molar-refractivity contribution in [2.45, 2.75) is 12.5 Å². The van der Waals surface area contributed by atoms with Crippen molar-refractivity contribution in [2.24, 2.45) is 0 Å². The van der Waals surface area contributed by atoms with E-state index in [4.69, 9.17) is 9.47 Å². The summed E-state index contributed by atoms with van der Waals surface area (Å²) >= 11 is 0. The number of benzene rings is 3. The summed E-state index contributed by atoms with van der Waals surface area (Å²) in [6.07, 6.45) is 0.752. The van der Waals surface area contributed by atoms with Crippen LogP contribution in [0.5, 0.6) is 11.5 Å². The number of fused-ring (bicyclic) bond motifs is 1. The summed E-state index contributed by atoms with van der Waals surface area (Å²) in [5.41, 5.74) is 3.90. The quantitative estimate of drug-likeness (QED) is 0.600. The number of carbonyl (C=O) groups excluding carboxylic acids is 2. The molecule has 7 nitrogen and oxygen atoms in total. The highest BCUT2D eigenvalue weighted by Crippen LogP contribution is 2.40. The molecule has 1 aliphatic rings. The van der Waals surface area contributed by atoms with Crippen molar-refractivity contribution >= 4 is 17.6 Å². The van der Waals surface area contributed by atoms with E-state index in [1.807, 2.05) is 60.7 Å². The van der Waals surface area contributed by atoms with Gasteiger partial charge in [-0.1, -0.05) is 48.5 Å². The van der Waals surface area contributed by atoms with E-state index >= 15 is 0 Å². The lowest BCUT2D eigenvalue weighted by atomic mass is 9.87. The Morgan fingerprint density at radius 1 is 0.939 bits per heavy atom. The molecular weight excluding hydrogens is 418 g/mol. The van der Waals surface area contributed by atoms with E-state index in [1.54, 1.807) is 26.4 Å². The van der Waals surface area contributed by atoms with Gasteiger partial charge in [0, 0.05) is 12.2 Å². The second-order valence-corrected chi connectivity index (χ2v) is 7.81. The summed E-state index contributed by atoms with van der Waals surface area (Å²) < 4.78 is 11.0. The summed E-state index contributed by atoms with van der Waals surface area (Å²) in [7, 11) is 3.24. The Morgan fingerprint density at radius 2 is 1.58 bits per heavy atom. The Morgan fingerprint density at radius 3 is 2.24 bits per heavy atom. The molecule has 0 saturated heterocycles. The number of urea groups is 1. The minimum atomic E-state index is -0.550. The zero-order valence-electron chi connectivity index (χ0n) is 18.7. The lowest BCUT2D eigenvalue weighted by Gasteiger charge is -2.37.